The molecule has 0 saturated heterocycles. The van der Waals surface area contributed by atoms with Crippen LogP contribution in [0.4, 0.5) is 23.7 Å². The number of hydrazine groups is 1. The van der Waals surface area contributed by atoms with Gasteiger partial charge < -0.3 is 16.5 Å². The molecule has 0 bridgehead atoms. The molecule has 0 aliphatic heterocycles. The number of urea groups is 1. The summed E-state index contributed by atoms with van der Waals surface area (Å²) in [4.78, 5) is 16.0. The lowest BCUT2D eigenvalue weighted by Gasteiger charge is -2.14. The van der Waals surface area contributed by atoms with Gasteiger partial charge in [-0.2, -0.15) is 18.3 Å². The van der Waals surface area contributed by atoms with Gasteiger partial charge in [0.1, 0.15) is 12.2 Å². The van der Waals surface area contributed by atoms with Crippen LogP contribution in [0.3, 0.4) is 0 Å². The molecule has 9 nitrogen and oxygen atoms in total. The Kier molecular flexibility index (Phi) is 5.78. The van der Waals surface area contributed by atoms with Crippen molar-refractivity contribution in [1.82, 2.24) is 19.7 Å². The lowest BCUT2D eigenvalue weighted by atomic mass is 10.1. The van der Waals surface area contributed by atoms with Crippen LogP contribution in [0.1, 0.15) is 5.56 Å². The minimum atomic E-state index is -4.48. The fourth-order valence-corrected chi connectivity index (χ4v) is 2.81. The van der Waals surface area contributed by atoms with E-state index in [1.165, 1.54) is 5.01 Å². The summed E-state index contributed by atoms with van der Waals surface area (Å²) in [7, 11) is 1.61. The summed E-state index contributed by atoms with van der Waals surface area (Å²) in [5.74, 6) is 11.5. The molecule has 0 radical (unpaired) electrons. The van der Waals surface area contributed by atoms with Crippen molar-refractivity contribution in [1.29, 1.82) is 0 Å². The summed E-state index contributed by atoms with van der Waals surface area (Å²) >= 11 is 0. The number of imidazole rings is 1. The molecule has 3 aromatic rings. The molecule has 0 aliphatic carbocycles. The Morgan fingerprint density at radius 3 is 2.73 bits per heavy atom. The topological polar surface area (TPSA) is 126 Å². The Morgan fingerprint density at radius 2 is 2.07 bits per heavy atom. The number of carbonyl (C=O) groups excluding carboxylic acids is 1. The van der Waals surface area contributed by atoms with Gasteiger partial charge in [-0.25, -0.2) is 15.6 Å². The predicted octanol–water partition coefficient (Wildman–Crippen LogP) is 2.11. The molecule has 30 heavy (non-hydrogen) atoms. The maximum Gasteiger partial charge on any atom is 0.405 e. The molecular weight excluding hydrogens is 401 g/mol. The van der Waals surface area contributed by atoms with Gasteiger partial charge in [0.15, 0.2) is 5.84 Å². The smallest absolute Gasteiger partial charge is 0.329 e. The standard InChI is InChI=1S/C18H19F3N8O/c1-28(23)16(27-22)12-5-6-29-14(9-24-15(29)8-12)11-3-2-4-13(7-11)26-17(30)25-10-18(19,20)21/h2-9H,10,22-23H2,1H3,(H2,25,26,30). The summed E-state index contributed by atoms with van der Waals surface area (Å²) in [5, 5.41) is 9.09. The number of pyridine rings is 1. The van der Waals surface area contributed by atoms with E-state index < -0.39 is 18.8 Å². The van der Waals surface area contributed by atoms with Crippen LogP contribution in [0.5, 0.6) is 0 Å². The Morgan fingerprint density at radius 1 is 1.30 bits per heavy atom. The second kappa shape index (κ2) is 8.29. The van der Waals surface area contributed by atoms with Crippen molar-refractivity contribution in [2.45, 2.75) is 6.18 Å². The molecule has 2 aromatic heterocycles. The molecule has 2 heterocycles. The number of hydrogen-bond donors (Lipinski definition) is 4. The molecule has 12 heteroatoms. The summed E-state index contributed by atoms with van der Waals surface area (Å²) < 4.78 is 38.5. The highest BCUT2D eigenvalue weighted by Crippen LogP contribution is 2.24. The Hall–Kier alpha value is -3.80. The minimum Gasteiger partial charge on any atom is -0.329 e. The largest absolute Gasteiger partial charge is 0.405 e. The van der Waals surface area contributed by atoms with Gasteiger partial charge >= 0.3 is 12.2 Å². The quantitative estimate of drug-likeness (QED) is 0.223. The number of alkyl halides is 3. The molecule has 0 atom stereocenters. The average Bonchev–Trinajstić information content (AvgIpc) is 3.10. The molecule has 3 rings (SSSR count). The molecule has 0 fully saturated rings. The van der Waals surface area contributed by atoms with Crippen LogP contribution in [0, 0.1) is 0 Å². The zero-order valence-electron chi connectivity index (χ0n) is 15.8. The zero-order chi connectivity index (χ0) is 21.9. The summed E-state index contributed by atoms with van der Waals surface area (Å²) in [6.07, 6.45) is -1.09. The molecule has 0 saturated carbocycles. The number of aromatic nitrogens is 2. The minimum absolute atomic E-state index is 0.334. The van der Waals surface area contributed by atoms with Crippen molar-refractivity contribution in [2.24, 2.45) is 16.8 Å². The number of amidine groups is 1. The normalized spacial score (nSPS) is 12.1. The highest BCUT2D eigenvalue weighted by atomic mass is 19.4. The number of nitrogens with two attached hydrogens (primary N) is 2. The maximum atomic E-state index is 12.2. The van der Waals surface area contributed by atoms with E-state index in [0.717, 1.165) is 0 Å². The maximum absolute atomic E-state index is 12.2. The number of amides is 2. The number of rotatable bonds is 4. The molecule has 0 spiro atoms. The van der Waals surface area contributed by atoms with Crippen molar-refractivity contribution < 1.29 is 18.0 Å². The van der Waals surface area contributed by atoms with E-state index in [1.807, 2.05) is 0 Å². The van der Waals surface area contributed by atoms with E-state index >= 15 is 0 Å². The number of fused-ring (bicyclic) bond motifs is 1. The number of hydrogen-bond acceptors (Lipinski definition) is 5. The fourth-order valence-electron chi connectivity index (χ4n) is 2.81. The predicted molar refractivity (Wildman–Crippen MR) is 106 cm³/mol. The number of halogens is 3. The third kappa shape index (κ3) is 4.78. The van der Waals surface area contributed by atoms with Crippen molar-refractivity contribution in [2.75, 3.05) is 18.9 Å². The van der Waals surface area contributed by atoms with Crippen molar-refractivity contribution in [3.8, 4) is 11.3 Å². The molecular formula is C18H19F3N8O. The second-order valence-corrected chi connectivity index (χ2v) is 6.35. The van der Waals surface area contributed by atoms with Gasteiger partial charge in [-0.05, 0) is 24.3 Å². The van der Waals surface area contributed by atoms with Crippen molar-refractivity contribution in [3.63, 3.8) is 0 Å². The van der Waals surface area contributed by atoms with Gasteiger partial charge in [-0.15, -0.1) is 0 Å². The number of carbonyl (C=O) groups is 1. The van der Waals surface area contributed by atoms with Gasteiger partial charge in [0, 0.05) is 30.1 Å². The first-order chi connectivity index (χ1) is 14.2. The van der Waals surface area contributed by atoms with Gasteiger partial charge in [0.2, 0.25) is 0 Å². The van der Waals surface area contributed by atoms with Gasteiger partial charge in [-0.1, -0.05) is 12.1 Å². The number of hydrazone groups is 1. The van der Waals surface area contributed by atoms with Crippen LogP contribution in [-0.2, 0) is 0 Å². The van der Waals surface area contributed by atoms with Crippen molar-refractivity contribution in [3.05, 3.63) is 54.4 Å². The Labute approximate surface area is 169 Å². The first kappa shape index (κ1) is 20.9. The van der Waals surface area contributed by atoms with Crippen LogP contribution in [0.25, 0.3) is 16.9 Å². The number of benzene rings is 1. The first-order valence-electron chi connectivity index (χ1n) is 8.64. The lowest BCUT2D eigenvalue weighted by molar-refractivity contribution is -0.122. The second-order valence-electron chi connectivity index (χ2n) is 6.35. The summed E-state index contributed by atoms with van der Waals surface area (Å²) in [6.45, 7) is -1.42. The van der Waals surface area contributed by atoms with E-state index in [-0.39, 0.29) is 0 Å². The van der Waals surface area contributed by atoms with Crippen LogP contribution < -0.4 is 22.3 Å². The van der Waals surface area contributed by atoms with E-state index in [1.54, 1.807) is 65.6 Å². The van der Waals surface area contributed by atoms with Crippen LogP contribution in [0.15, 0.2) is 53.9 Å². The monoisotopic (exact) mass is 420 g/mol. The van der Waals surface area contributed by atoms with Crippen LogP contribution >= 0.6 is 0 Å². The van der Waals surface area contributed by atoms with Crippen LogP contribution in [0.2, 0.25) is 0 Å². The summed E-state index contributed by atoms with van der Waals surface area (Å²) in [5.41, 5.74) is 3.02. The van der Waals surface area contributed by atoms with E-state index in [2.05, 4.69) is 15.4 Å². The Balaban J connectivity index is 1.84. The average molecular weight is 420 g/mol. The van der Waals surface area contributed by atoms with Gasteiger partial charge in [0.05, 0.1) is 11.9 Å². The first-order valence-corrected chi connectivity index (χ1v) is 8.64. The SMILES string of the molecule is CN(N)C(=NN)c1ccn2c(-c3cccc(NC(=O)NCC(F)(F)F)c3)cnc2c1. The van der Waals surface area contributed by atoms with Gasteiger partial charge in [0.25, 0.3) is 0 Å². The molecule has 6 N–H and O–H groups in total. The Bertz CT molecular complexity index is 1090. The summed E-state index contributed by atoms with van der Waals surface area (Å²) in [6, 6.07) is 9.23. The molecule has 0 unspecified atom stereocenters. The molecule has 0 aliphatic rings. The lowest BCUT2D eigenvalue weighted by Crippen LogP contribution is -2.36. The third-order valence-corrected chi connectivity index (χ3v) is 4.09. The fraction of sp³-hybridized carbons (Fsp3) is 0.167. The number of nitrogens with zero attached hydrogens (tertiary/aromatic N) is 4. The van der Waals surface area contributed by atoms with Crippen molar-refractivity contribution >= 4 is 23.2 Å². The highest BCUT2D eigenvalue weighted by molar-refractivity contribution is 5.98. The van der Waals surface area contributed by atoms with E-state index in [9.17, 15) is 18.0 Å². The number of anilines is 1. The van der Waals surface area contributed by atoms with Crippen LogP contribution in [-0.4, -0.2) is 46.0 Å². The molecule has 2 amide bonds. The molecule has 158 valence electrons. The zero-order valence-corrected chi connectivity index (χ0v) is 15.8. The van der Waals surface area contributed by atoms with Gasteiger partial charge in [-0.3, -0.25) is 9.41 Å². The molecule has 1 aromatic carbocycles. The third-order valence-electron chi connectivity index (χ3n) is 4.09. The van der Waals surface area contributed by atoms with E-state index in [0.29, 0.717) is 34.0 Å². The highest BCUT2D eigenvalue weighted by Gasteiger charge is 2.27. The van der Waals surface area contributed by atoms with E-state index in [4.69, 9.17) is 11.7 Å². The number of nitrogens with one attached hydrogen (secondary N) is 2.